The number of carbonyl (C=O) groups excluding carboxylic acids is 2. The van der Waals surface area contributed by atoms with Crippen LogP contribution < -0.4 is 0 Å². The Bertz CT molecular complexity index is 1370. The second-order valence-electron chi connectivity index (χ2n) is 13.5. The Morgan fingerprint density at radius 2 is 1.52 bits per heavy atom. The number of hydrogen-bond donors (Lipinski definition) is 0. The van der Waals surface area contributed by atoms with Gasteiger partial charge in [0, 0.05) is 70.4 Å². The maximum absolute atomic E-state index is 11.4. The second-order valence-corrected chi connectivity index (χ2v) is 13.5. The van der Waals surface area contributed by atoms with Gasteiger partial charge in [-0.05, 0) is 70.0 Å². The number of esters is 1. The van der Waals surface area contributed by atoms with E-state index in [4.69, 9.17) is 4.74 Å². The molecule has 0 spiro atoms. The summed E-state index contributed by atoms with van der Waals surface area (Å²) in [7, 11) is 2.19. The van der Waals surface area contributed by atoms with Gasteiger partial charge in [0.2, 0.25) is 0 Å². The average Bonchev–Trinajstić information content (AvgIpc) is 3.09. The first-order valence-corrected chi connectivity index (χ1v) is 18.1. The molecule has 0 amide bonds. The Balaban J connectivity index is 0.000000248. The fourth-order valence-electron chi connectivity index (χ4n) is 6.90. The van der Waals surface area contributed by atoms with Crippen LogP contribution in [0, 0.1) is 6.92 Å². The van der Waals surface area contributed by atoms with Crippen molar-refractivity contribution in [3.05, 3.63) is 107 Å². The fraction of sp³-hybridized carbons (Fsp3) is 0.512. The van der Waals surface area contributed by atoms with Gasteiger partial charge in [0.05, 0.1) is 12.6 Å². The molecule has 7 nitrogen and oxygen atoms in total. The molecular weight excluding hydrogens is 596 g/mol. The Morgan fingerprint density at radius 1 is 0.833 bits per heavy atom. The number of aryl methyl sites for hydroxylation is 1. The number of rotatable bonds is 14. The number of nitrogens with zero attached hydrogens (tertiary/aromatic N) is 4. The average molecular weight is 655 g/mol. The molecule has 2 aliphatic rings. The first-order chi connectivity index (χ1) is 23.4. The first kappa shape index (κ1) is 37.5. The molecule has 3 aromatic carbocycles. The van der Waals surface area contributed by atoms with Crippen LogP contribution in [-0.2, 0) is 16.1 Å². The molecule has 0 N–H and O–H groups in total. The summed E-state index contributed by atoms with van der Waals surface area (Å²) in [6, 6.07) is 28.1. The van der Waals surface area contributed by atoms with Crippen molar-refractivity contribution in [2.24, 2.45) is 0 Å². The van der Waals surface area contributed by atoms with E-state index in [1.54, 1.807) is 0 Å². The van der Waals surface area contributed by atoms with Gasteiger partial charge >= 0.3 is 5.97 Å². The maximum Gasteiger partial charge on any atom is 0.305 e. The molecule has 2 heterocycles. The molecule has 3 aromatic rings. The van der Waals surface area contributed by atoms with Crippen LogP contribution in [0.3, 0.4) is 0 Å². The van der Waals surface area contributed by atoms with Crippen LogP contribution in [-0.4, -0.2) is 104 Å². The van der Waals surface area contributed by atoms with E-state index in [1.807, 2.05) is 25.1 Å². The summed E-state index contributed by atoms with van der Waals surface area (Å²) in [4.78, 5) is 32.6. The highest BCUT2D eigenvalue weighted by atomic mass is 16.5. The molecule has 48 heavy (non-hydrogen) atoms. The molecule has 0 saturated carbocycles. The van der Waals surface area contributed by atoms with Crippen molar-refractivity contribution >= 4 is 12.3 Å². The topological polar surface area (TPSA) is 56.3 Å². The maximum atomic E-state index is 11.4. The summed E-state index contributed by atoms with van der Waals surface area (Å²) in [6.07, 6.45) is 6.13. The van der Waals surface area contributed by atoms with E-state index in [2.05, 4.69) is 101 Å². The van der Waals surface area contributed by atoms with Crippen LogP contribution in [0.5, 0.6) is 0 Å². The molecule has 2 aliphatic heterocycles. The molecule has 2 fully saturated rings. The predicted octanol–water partition coefficient (Wildman–Crippen LogP) is 6.85. The van der Waals surface area contributed by atoms with Crippen molar-refractivity contribution in [3.63, 3.8) is 0 Å². The number of unbranched alkanes of at least 4 members (excludes halogenated alkanes) is 3. The highest BCUT2D eigenvalue weighted by molar-refractivity contribution is 5.75. The molecule has 0 aliphatic carbocycles. The molecule has 2 saturated heterocycles. The summed E-state index contributed by atoms with van der Waals surface area (Å²) in [5, 5.41) is 0. The summed E-state index contributed by atoms with van der Waals surface area (Å²) >= 11 is 0. The minimum Gasteiger partial charge on any atom is -0.466 e. The molecule has 0 bridgehead atoms. The number of likely N-dealkylation sites (N-methyl/N-ethyl adjacent to an activating group) is 1. The Hall–Kier alpha value is -3.36. The number of piperazine rings is 2. The van der Waals surface area contributed by atoms with E-state index in [0.29, 0.717) is 19.1 Å². The van der Waals surface area contributed by atoms with Gasteiger partial charge in [0.1, 0.15) is 6.29 Å². The largest absolute Gasteiger partial charge is 0.466 e. The zero-order chi connectivity index (χ0) is 34.1. The summed E-state index contributed by atoms with van der Waals surface area (Å²) in [6.45, 7) is 16.9. The quantitative estimate of drug-likeness (QED) is 0.107. The smallest absolute Gasteiger partial charge is 0.305 e. The Kier molecular flexibility index (Phi) is 15.8. The second kappa shape index (κ2) is 20.2. The number of benzene rings is 3. The first-order valence-electron chi connectivity index (χ1n) is 18.1. The highest BCUT2D eigenvalue weighted by Gasteiger charge is 2.31. The van der Waals surface area contributed by atoms with Gasteiger partial charge in [-0.25, -0.2) is 0 Å². The molecule has 7 heteroatoms. The van der Waals surface area contributed by atoms with Crippen molar-refractivity contribution in [2.45, 2.75) is 71.5 Å². The van der Waals surface area contributed by atoms with Crippen LogP contribution >= 0.6 is 0 Å². The van der Waals surface area contributed by atoms with Crippen LogP contribution in [0.15, 0.2) is 78.9 Å². The van der Waals surface area contributed by atoms with E-state index in [0.717, 1.165) is 50.9 Å². The lowest BCUT2D eigenvalue weighted by Gasteiger charge is -2.44. The number of ether oxygens (including phenoxy) is 1. The minimum absolute atomic E-state index is 0.0448. The standard InChI is InChI=1S/C27H30N2O.C14H28N2O2/c1-21-8-6-12-25(16-21)27(26-13-7-11-24(17-26)20-30)29-15-14-28(18-22(29)2)19-23-9-4-3-5-10-23;1-3-18-14(17)8-6-4-5-7-9-16-12-10-15(2)11-13-16/h3-13,16-17,20,22,27H,14-15,18-19H2,1-2H3;3-13H2,1-2H3. The molecule has 2 atom stereocenters. The van der Waals surface area contributed by atoms with E-state index in [9.17, 15) is 9.59 Å². The molecule has 2 unspecified atom stereocenters. The minimum atomic E-state index is -0.0448. The number of carbonyl (C=O) groups is 2. The van der Waals surface area contributed by atoms with Gasteiger partial charge in [-0.15, -0.1) is 0 Å². The third-order valence-corrected chi connectivity index (χ3v) is 9.57. The Labute approximate surface area is 289 Å². The van der Waals surface area contributed by atoms with Gasteiger partial charge in [0.15, 0.2) is 0 Å². The summed E-state index contributed by atoms with van der Waals surface area (Å²) in [5.74, 6) is -0.0448. The zero-order valence-electron chi connectivity index (χ0n) is 29.9. The molecule has 260 valence electrons. The van der Waals surface area contributed by atoms with Crippen molar-refractivity contribution in [1.82, 2.24) is 19.6 Å². The Morgan fingerprint density at radius 3 is 2.21 bits per heavy atom. The normalized spacial score (nSPS) is 18.5. The van der Waals surface area contributed by atoms with E-state index < -0.39 is 0 Å². The molecule has 0 radical (unpaired) electrons. The SMILES string of the molecule is CCOC(=O)CCCCCCN1CCN(C)CC1.Cc1cccc(C(c2cccc(C=O)c2)N2CCN(Cc3ccccc3)CC2C)c1. The van der Waals surface area contributed by atoms with Gasteiger partial charge < -0.3 is 14.5 Å². The van der Waals surface area contributed by atoms with Crippen LogP contribution in [0.4, 0.5) is 0 Å². The number of aldehydes is 1. The summed E-state index contributed by atoms with van der Waals surface area (Å²) in [5.41, 5.74) is 5.85. The number of hydrogen-bond acceptors (Lipinski definition) is 7. The lowest BCUT2D eigenvalue weighted by molar-refractivity contribution is -0.143. The van der Waals surface area contributed by atoms with Gasteiger partial charge in [-0.2, -0.15) is 0 Å². The zero-order valence-corrected chi connectivity index (χ0v) is 29.9. The third-order valence-electron chi connectivity index (χ3n) is 9.57. The van der Waals surface area contributed by atoms with E-state index >= 15 is 0 Å². The van der Waals surface area contributed by atoms with Crippen molar-refractivity contribution in [1.29, 1.82) is 0 Å². The monoisotopic (exact) mass is 654 g/mol. The third kappa shape index (κ3) is 12.3. The van der Waals surface area contributed by atoms with E-state index in [-0.39, 0.29) is 12.0 Å². The lowest BCUT2D eigenvalue weighted by atomic mass is 9.92. The molecule has 0 aromatic heterocycles. The lowest BCUT2D eigenvalue weighted by Crippen LogP contribution is -2.52. The van der Waals surface area contributed by atoms with Gasteiger partial charge in [0.25, 0.3) is 0 Å². The molecular formula is C41H58N4O3. The van der Waals surface area contributed by atoms with Crippen LogP contribution in [0.25, 0.3) is 0 Å². The van der Waals surface area contributed by atoms with Crippen molar-refractivity contribution < 1.29 is 14.3 Å². The summed E-state index contributed by atoms with van der Waals surface area (Å²) < 4.78 is 4.90. The predicted molar refractivity (Wildman–Crippen MR) is 196 cm³/mol. The van der Waals surface area contributed by atoms with Crippen LogP contribution in [0.1, 0.15) is 84.6 Å². The van der Waals surface area contributed by atoms with Crippen molar-refractivity contribution in [2.75, 3.05) is 66.0 Å². The van der Waals surface area contributed by atoms with E-state index in [1.165, 1.54) is 67.8 Å². The molecule has 5 rings (SSSR count). The van der Waals surface area contributed by atoms with Gasteiger partial charge in [-0.3, -0.25) is 19.4 Å². The fourth-order valence-corrected chi connectivity index (χ4v) is 6.90. The highest BCUT2D eigenvalue weighted by Crippen LogP contribution is 2.33. The van der Waals surface area contributed by atoms with Crippen LogP contribution in [0.2, 0.25) is 0 Å². The van der Waals surface area contributed by atoms with Gasteiger partial charge in [-0.1, -0.05) is 91.2 Å². The van der Waals surface area contributed by atoms with Crippen molar-refractivity contribution in [3.8, 4) is 0 Å².